The van der Waals surface area contributed by atoms with E-state index in [2.05, 4.69) is 0 Å². The van der Waals surface area contributed by atoms with E-state index in [4.69, 9.17) is 25.9 Å². The van der Waals surface area contributed by atoms with E-state index in [-0.39, 0.29) is 33.6 Å². The fraction of sp³-hybridized carbons (Fsp3) is 0.238. The summed E-state index contributed by atoms with van der Waals surface area (Å²) in [5.74, 6) is -0.645. The molecule has 0 bridgehead atoms. The van der Waals surface area contributed by atoms with Crippen LogP contribution in [0.1, 0.15) is 18.4 Å². The van der Waals surface area contributed by atoms with Crippen LogP contribution in [-0.4, -0.2) is 22.3 Å². The molecular weight excluding hydrogens is 384 g/mol. The first kappa shape index (κ1) is 18.4. The van der Waals surface area contributed by atoms with E-state index >= 15 is 0 Å². The molecule has 28 heavy (non-hydrogen) atoms. The number of fused-ring (bicyclic) bond motifs is 1. The van der Waals surface area contributed by atoms with Crippen LogP contribution in [0.3, 0.4) is 0 Å². The van der Waals surface area contributed by atoms with Gasteiger partial charge < -0.3 is 19.4 Å². The zero-order valence-electron chi connectivity index (χ0n) is 14.9. The largest absolute Gasteiger partial charge is 0.507 e. The molecule has 4 rings (SSSR count). The predicted molar refractivity (Wildman–Crippen MR) is 104 cm³/mol. The molecule has 0 saturated heterocycles. The Morgan fingerprint density at radius 3 is 2.68 bits per heavy atom. The molecule has 1 aliphatic carbocycles. The monoisotopic (exact) mass is 400 g/mol. The minimum atomic E-state index is -0.820. The Kier molecular flexibility index (Phi) is 4.51. The summed E-state index contributed by atoms with van der Waals surface area (Å²) in [6.07, 6.45) is 0.662. The van der Waals surface area contributed by atoms with Crippen LogP contribution < -0.4 is 10.2 Å². The van der Waals surface area contributed by atoms with Gasteiger partial charge in [0.15, 0.2) is 11.0 Å². The minimum absolute atomic E-state index is 0.0223. The molecule has 7 heteroatoms. The maximum atomic E-state index is 12.5. The zero-order chi connectivity index (χ0) is 20.0. The van der Waals surface area contributed by atoms with Crippen LogP contribution in [0.2, 0.25) is 5.02 Å². The van der Waals surface area contributed by atoms with Gasteiger partial charge in [-0.1, -0.05) is 17.7 Å². The molecule has 0 spiro atoms. The van der Waals surface area contributed by atoms with Gasteiger partial charge in [0.25, 0.3) is 0 Å². The van der Waals surface area contributed by atoms with E-state index in [0.29, 0.717) is 24.2 Å². The molecule has 0 unspecified atom stereocenters. The molecule has 1 heterocycles. The van der Waals surface area contributed by atoms with Crippen LogP contribution in [0.4, 0.5) is 0 Å². The van der Waals surface area contributed by atoms with Crippen molar-refractivity contribution in [2.45, 2.75) is 25.9 Å². The Morgan fingerprint density at radius 1 is 1.21 bits per heavy atom. The third-order valence-electron chi connectivity index (χ3n) is 4.95. The van der Waals surface area contributed by atoms with Gasteiger partial charge in [0.2, 0.25) is 0 Å². The third kappa shape index (κ3) is 3.20. The van der Waals surface area contributed by atoms with E-state index in [0.717, 1.165) is 5.56 Å². The summed E-state index contributed by atoms with van der Waals surface area (Å²) in [6.45, 7) is 1.91. The summed E-state index contributed by atoms with van der Waals surface area (Å²) < 4.78 is 11.8. The molecule has 3 aromatic rings. The summed E-state index contributed by atoms with van der Waals surface area (Å²) >= 11 is 6.16. The number of carbonyl (C=O) groups is 1. The Labute approximate surface area is 164 Å². The van der Waals surface area contributed by atoms with Crippen molar-refractivity contribution in [1.29, 1.82) is 0 Å². The number of benzene rings is 2. The number of hydrogen-bond donors (Lipinski definition) is 2. The van der Waals surface area contributed by atoms with Gasteiger partial charge in [-0.2, -0.15) is 0 Å². The number of rotatable bonds is 4. The van der Waals surface area contributed by atoms with Crippen LogP contribution in [0, 0.1) is 12.8 Å². The highest BCUT2D eigenvalue weighted by molar-refractivity contribution is 6.35. The SMILES string of the molecule is Cc1ccc(-c2cc(=O)c3c(O)ccc(Cl)c3o2)c(OC2CC(C(=O)O)C2)c1. The van der Waals surface area contributed by atoms with Crippen molar-refractivity contribution in [2.24, 2.45) is 5.92 Å². The first-order valence-electron chi connectivity index (χ1n) is 8.79. The minimum Gasteiger partial charge on any atom is -0.507 e. The normalized spacial score (nSPS) is 18.6. The highest BCUT2D eigenvalue weighted by atomic mass is 35.5. The van der Waals surface area contributed by atoms with Crippen LogP contribution >= 0.6 is 11.6 Å². The number of aryl methyl sites for hydroxylation is 1. The molecule has 0 atom stereocenters. The second-order valence-electron chi connectivity index (χ2n) is 6.99. The van der Waals surface area contributed by atoms with Crippen molar-refractivity contribution < 1.29 is 24.2 Å². The van der Waals surface area contributed by atoms with E-state index in [1.807, 2.05) is 19.1 Å². The van der Waals surface area contributed by atoms with Crippen molar-refractivity contribution >= 4 is 28.5 Å². The summed E-state index contributed by atoms with van der Waals surface area (Å²) in [5, 5.41) is 19.2. The molecule has 1 aliphatic rings. The lowest BCUT2D eigenvalue weighted by Gasteiger charge is -2.33. The second-order valence-corrected chi connectivity index (χ2v) is 7.40. The summed E-state index contributed by atoms with van der Waals surface area (Å²) in [7, 11) is 0. The van der Waals surface area contributed by atoms with Gasteiger partial charge in [0.05, 0.1) is 16.5 Å². The quantitative estimate of drug-likeness (QED) is 0.675. The molecule has 2 aromatic carbocycles. The Morgan fingerprint density at radius 2 is 1.96 bits per heavy atom. The number of ether oxygens (including phenoxy) is 1. The molecule has 0 amide bonds. The fourth-order valence-electron chi connectivity index (χ4n) is 3.32. The molecule has 1 saturated carbocycles. The third-order valence-corrected chi connectivity index (χ3v) is 5.25. The second kappa shape index (κ2) is 6.87. The number of carboxylic acid groups (broad SMARTS) is 1. The highest BCUT2D eigenvalue weighted by Gasteiger charge is 2.36. The van der Waals surface area contributed by atoms with Crippen LogP contribution in [0.15, 0.2) is 45.6 Å². The molecule has 1 aromatic heterocycles. The maximum absolute atomic E-state index is 12.5. The average molecular weight is 401 g/mol. The lowest BCUT2D eigenvalue weighted by atomic mass is 9.82. The fourth-order valence-corrected chi connectivity index (χ4v) is 3.52. The van der Waals surface area contributed by atoms with Crippen molar-refractivity contribution in [1.82, 2.24) is 0 Å². The van der Waals surface area contributed by atoms with E-state index in [1.165, 1.54) is 18.2 Å². The number of aromatic hydroxyl groups is 1. The number of halogens is 1. The topological polar surface area (TPSA) is 97.0 Å². The van der Waals surface area contributed by atoms with Crippen LogP contribution in [0.25, 0.3) is 22.3 Å². The number of phenolic OH excluding ortho intramolecular Hbond substituents is 1. The molecule has 144 valence electrons. The molecule has 2 N–H and O–H groups in total. The Hall–Kier alpha value is -2.99. The van der Waals surface area contributed by atoms with Gasteiger partial charge >= 0.3 is 5.97 Å². The van der Waals surface area contributed by atoms with Gasteiger partial charge in [-0.15, -0.1) is 0 Å². The first-order valence-corrected chi connectivity index (χ1v) is 9.17. The number of aliphatic carboxylic acids is 1. The molecule has 0 radical (unpaired) electrons. The van der Waals surface area contributed by atoms with Crippen LogP contribution in [0.5, 0.6) is 11.5 Å². The number of carboxylic acids is 1. The summed E-state index contributed by atoms with van der Waals surface area (Å²) in [5.41, 5.74) is 1.19. The van der Waals surface area contributed by atoms with Gasteiger partial charge in [0.1, 0.15) is 28.7 Å². The predicted octanol–water partition coefficient (Wildman–Crippen LogP) is 4.37. The lowest BCUT2D eigenvalue weighted by Crippen LogP contribution is -2.38. The van der Waals surface area contributed by atoms with E-state index in [1.54, 1.807) is 6.07 Å². The molecular formula is C21H17ClO6. The average Bonchev–Trinajstić information content (AvgIpc) is 2.60. The van der Waals surface area contributed by atoms with Crippen molar-refractivity contribution in [2.75, 3.05) is 0 Å². The Balaban J connectivity index is 1.77. The van der Waals surface area contributed by atoms with Gasteiger partial charge in [-0.25, -0.2) is 0 Å². The van der Waals surface area contributed by atoms with Gasteiger partial charge in [0, 0.05) is 6.07 Å². The molecule has 0 aliphatic heterocycles. The number of hydrogen-bond acceptors (Lipinski definition) is 5. The standard InChI is InChI=1S/C21H17ClO6/c1-10-2-3-13(17(6-10)27-12-7-11(8-12)21(25)26)18-9-16(24)19-15(23)5-4-14(22)20(19)28-18/h2-6,9,11-12,23H,7-8H2,1H3,(H,25,26). The smallest absolute Gasteiger partial charge is 0.306 e. The van der Waals surface area contributed by atoms with E-state index < -0.39 is 17.3 Å². The molecule has 6 nitrogen and oxygen atoms in total. The van der Waals surface area contributed by atoms with E-state index in [9.17, 15) is 14.7 Å². The zero-order valence-corrected chi connectivity index (χ0v) is 15.7. The maximum Gasteiger partial charge on any atom is 0.306 e. The summed E-state index contributed by atoms with van der Waals surface area (Å²) in [6, 6.07) is 9.54. The first-order chi connectivity index (χ1) is 13.3. The van der Waals surface area contributed by atoms with Gasteiger partial charge in [-0.3, -0.25) is 9.59 Å². The van der Waals surface area contributed by atoms with Crippen LogP contribution in [-0.2, 0) is 4.79 Å². The number of phenols is 1. The Bertz CT molecular complexity index is 1140. The van der Waals surface area contributed by atoms with Gasteiger partial charge in [-0.05, 0) is 49.6 Å². The summed E-state index contributed by atoms with van der Waals surface area (Å²) in [4.78, 5) is 23.6. The molecule has 1 fully saturated rings. The lowest BCUT2D eigenvalue weighted by molar-refractivity contribution is -0.147. The highest BCUT2D eigenvalue weighted by Crippen LogP contribution is 2.38. The van der Waals surface area contributed by atoms with Crippen molar-refractivity contribution in [3.05, 3.63) is 57.2 Å². The van der Waals surface area contributed by atoms with Crippen molar-refractivity contribution in [3.63, 3.8) is 0 Å². The van der Waals surface area contributed by atoms with Crippen molar-refractivity contribution in [3.8, 4) is 22.8 Å².